The molecule has 1 heterocycles. The minimum atomic E-state index is -0.236. The lowest BCUT2D eigenvalue weighted by Crippen LogP contribution is -2.50. The van der Waals surface area contributed by atoms with Gasteiger partial charge >= 0.3 is 0 Å². The van der Waals surface area contributed by atoms with Gasteiger partial charge in [-0.1, -0.05) is 18.6 Å². The molecule has 4 nitrogen and oxygen atoms in total. The molecule has 1 aromatic rings. The predicted molar refractivity (Wildman–Crippen MR) is 86.2 cm³/mol. The highest BCUT2D eigenvalue weighted by Crippen LogP contribution is 2.44. The molecule has 126 valence electrons. The number of piperidine rings is 1. The lowest BCUT2D eigenvalue weighted by molar-refractivity contribution is -0.128. The molecule has 1 amide bonds. The Balaban J connectivity index is 1.59. The van der Waals surface area contributed by atoms with Gasteiger partial charge in [-0.2, -0.15) is 0 Å². The molecule has 2 fully saturated rings. The Hall–Kier alpha value is -1.46. The first-order chi connectivity index (χ1) is 11.1. The van der Waals surface area contributed by atoms with E-state index in [1.807, 2.05) is 0 Å². The Morgan fingerprint density at radius 3 is 2.70 bits per heavy atom. The smallest absolute Gasteiger partial charge is 0.237 e. The van der Waals surface area contributed by atoms with E-state index in [0.717, 1.165) is 44.2 Å². The number of aliphatic hydroxyl groups excluding tert-OH is 1. The topological polar surface area (TPSA) is 52.6 Å². The van der Waals surface area contributed by atoms with Crippen LogP contribution in [0.3, 0.4) is 0 Å². The van der Waals surface area contributed by atoms with E-state index in [9.17, 15) is 14.3 Å². The van der Waals surface area contributed by atoms with E-state index in [0.29, 0.717) is 13.1 Å². The molecule has 1 aliphatic heterocycles. The lowest BCUT2D eigenvalue weighted by atomic mass is 10.00. The van der Waals surface area contributed by atoms with Crippen molar-refractivity contribution < 1.29 is 14.3 Å². The Labute approximate surface area is 136 Å². The van der Waals surface area contributed by atoms with Crippen LogP contribution in [0.25, 0.3) is 0 Å². The number of aliphatic hydroxyl groups is 1. The Morgan fingerprint density at radius 2 is 2.04 bits per heavy atom. The van der Waals surface area contributed by atoms with Crippen LogP contribution in [-0.4, -0.2) is 41.7 Å². The minimum absolute atomic E-state index is 0.0616. The van der Waals surface area contributed by atoms with Crippen molar-refractivity contribution >= 4 is 5.91 Å². The van der Waals surface area contributed by atoms with Crippen LogP contribution in [0.15, 0.2) is 24.3 Å². The first-order valence-corrected chi connectivity index (χ1v) is 8.49. The van der Waals surface area contributed by atoms with Crippen molar-refractivity contribution in [3.05, 3.63) is 35.6 Å². The number of amides is 1. The second-order valence-electron chi connectivity index (χ2n) is 6.98. The third kappa shape index (κ3) is 4.09. The van der Waals surface area contributed by atoms with Crippen molar-refractivity contribution in [2.24, 2.45) is 5.41 Å². The van der Waals surface area contributed by atoms with Gasteiger partial charge in [-0.15, -0.1) is 0 Å². The second-order valence-corrected chi connectivity index (χ2v) is 6.98. The van der Waals surface area contributed by atoms with E-state index in [-0.39, 0.29) is 29.8 Å². The Kier molecular flexibility index (Phi) is 4.97. The summed E-state index contributed by atoms with van der Waals surface area (Å²) in [7, 11) is 0. The summed E-state index contributed by atoms with van der Waals surface area (Å²) >= 11 is 0. The molecular formula is C18H25FN2O2. The Bertz CT molecular complexity index is 542. The zero-order valence-corrected chi connectivity index (χ0v) is 13.4. The quantitative estimate of drug-likeness (QED) is 0.844. The van der Waals surface area contributed by atoms with Gasteiger partial charge < -0.3 is 10.4 Å². The van der Waals surface area contributed by atoms with E-state index in [1.54, 1.807) is 12.1 Å². The third-order valence-corrected chi connectivity index (χ3v) is 5.15. The molecule has 5 heteroatoms. The number of nitrogens with zero attached hydrogens (tertiary/aromatic N) is 1. The van der Waals surface area contributed by atoms with E-state index in [2.05, 4.69) is 10.2 Å². The van der Waals surface area contributed by atoms with Crippen LogP contribution in [0, 0.1) is 11.2 Å². The van der Waals surface area contributed by atoms with Gasteiger partial charge in [0.05, 0.1) is 12.6 Å². The number of hydrogen-bond donors (Lipinski definition) is 2. The lowest BCUT2D eigenvalue weighted by Gasteiger charge is -2.35. The van der Waals surface area contributed by atoms with Gasteiger partial charge in [0.2, 0.25) is 5.91 Å². The van der Waals surface area contributed by atoms with Crippen molar-refractivity contribution in [2.45, 2.75) is 44.7 Å². The van der Waals surface area contributed by atoms with Gasteiger partial charge in [0.25, 0.3) is 0 Å². The van der Waals surface area contributed by atoms with E-state index in [1.165, 1.54) is 12.1 Å². The second kappa shape index (κ2) is 6.97. The largest absolute Gasteiger partial charge is 0.396 e. The zero-order chi connectivity index (χ0) is 16.3. The number of carbonyl (C=O) groups is 1. The molecule has 1 saturated carbocycles. The summed E-state index contributed by atoms with van der Waals surface area (Å²) < 4.78 is 13.0. The maximum Gasteiger partial charge on any atom is 0.237 e. The summed E-state index contributed by atoms with van der Waals surface area (Å²) in [4.78, 5) is 14.7. The summed E-state index contributed by atoms with van der Waals surface area (Å²) in [6, 6.07) is 6.37. The fraction of sp³-hybridized carbons (Fsp3) is 0.611. The first kappa shape index (κ1) is 16.4. The minimum Gasteiger partial charge on any atom is -0.396 e. The summed E-state index contributed by atoms with van der Waals surface area (Å²) in [6.45, 7) is 2.28. The highest BCUT2D eigenvalue weighted by molar-refractivity contribution is 5.81. The molecule has 0 bridgehead atoms. The van der Waals surface area contributed by atoms with Gasteiger partial charge in [0.15, 0.2) is 0 Å². The third-order valence-electron chi connectivity index (χ3n) is 5.15. The fourth-order valence-electron chi connectivity index (χ4n) is 3.26. The van der Waals surface area contributed by atoms with E-state index >= 15 is 0 Å². The number of likely N-dealkylation sites (tertiary alicyclic amines) is 1. The van der Waals surface area contributed by atoms with E-state index < -0.39 is 0 Å². The highest BCUT2D eigenvalue weighted by Gasteiger charge is 2.42. The first-order valence-electron chi connectivity index (χ1n) is 8.49. The van der Waals surface area contributed by atoms with Crippen LogP contribution in [0.1, 0.15) is 37.7 Å². The summed E-state index contributed by atoms with van der Waals surface area (Å²) in [6.07, 6.45) is 5.00. The summed E-state index contributed by atoms with van der Waals surface area (Å²) in [5.74, 6) is -0.174. The molecule has 23 heavy (non-hydrogen) atoms. The molecular weight excluding hydrogens is 295 g/mol. The molecule has 1 aromatic carbocycles. The highest BCUT2D eigenvalue weighted by atomic mass is 19.1. The van der Waals surface area contributed by atoms with Crippen LogP contribution in [0.5, 0.6) is 0 Å². The molecule has 2 N–H and O–H groups in total. The molecule has 0 spiro atoms. The van der Waals surface area contributed by atoms with Gasteiger partial charge in [-0.25, -0.2) is 4.39 Å². The van der Waals surface area contributed by atoms with Crippen molar-refractivity contribution in [1.29, 1.82) is 0 Å². The van der Waals surface area contributed by atoms with Crippen molar-refractivity contribution in [3.8, 4) is 0 Å². The van der Waals surface area contributed by atoms with Crippen LogP contribution >= 0.6 is 0 Å². The number of halogens is 1. The summed E-state index contributed by atoms with van der Waals surface area (Å²) in [5, 5.41) is 12.4. The molecule has 3 rings (SSSR count). The standard InChI is InChI=1S/C18H25FN2O2/c19-15-6-4-14(5-7-15)11-21-10-2-1-3-16(21)17(23)20-12-18(13-22)8-9-18/h4-7,16,22H,1-3,8-13H2,(H,20,23). The van der Waals surface area contributed by atoms with Crippen molar-refractivity contribution in [2.75, 3.05) is 19.7 Å². The van der Waals surface area contributed by atoms with Gasteiger partial charge in [0.1, 0.15) is 5.82 Å². The van der Waals surface area contributed by atoms with Crippen molar-refractivity contribution in [3.63, 3.8) is 0 Å². The van der Waals surface area contributed by atoms with E-state index in [4.69, 9.17) is 0 Å². The zero-order valence-electron chi connectivity index (χ0n) is 13.4. The van der Waals surface area contributed by atoms with Crippen LogP contribution in [-0.2, 0) is 11.3 Å². The normalized spacial score (nSPS) is 23.5. The Morgan fingerprint density at radius 1 is 1.30 bits per heavy atom. The van der Waals surface area contributed by atoms with Crippen molar-refractivity contribution in [1.82, 2.24) is 10.2 Å². The molecule has 2 aliphatic rings. The van der Waals surface area contributed by atoms with Crippen LogP contribution in [0.4, 0.5) is 4.39 Å². The number of nitrogens with one attached hydrogen (secondary N) is 1. The molecule has 0 radical (unpaired) electrons. The van der Waals surface area contributed by atoms with Crippen LogP contribution in [0.2, 0.25) is 0 Å². The summed E-state index contributed by atoms with van der Waals surface area (Å²) in [5.41, 5.74) is 0.965. The fourth-order valence-corrected chi connectivity index (χ4v) is 3.26. The maximum absolute atomic E-state index is 13.0. The van der Waals surface area contributed by atoms with Gasteiger partial charge in [-0.05, 0) is 49.9 Å². The number of hydrogen-bond acceptors (Lipinski definition) is 3. The predicted octanol–water partition coefficient (Wildman–Crippen LogP) is 2.07. The molecule has 1 unspecified atom stereocenters. The van der Waals surface area contributed by atoms with Gasteiger partial charge in [-0.3, -0.25) is 9.69 Å². The van der Waals surface area contributed by atoms with Gasteiger partial charge in [0, 0.05) is 18.5 Å². The number of benzene rings is 1. The molecule has 1 saturated heterocycles. The number of carbonyl (C=O) groups excluding carboxylic acids is 1. The molecule has 1 aliphatic carbocycles. The molecule has 1 atom stereocenters. The number of rotatable bonds is 6. The monoisotopic (exact) mass is 320 g/mol. The average molecular weight is 320 g/mol. The SMILES string of the molecule is O=C(NCC1(CO)CC1)C1CCCCN1Cc1ccc(F)cc1. The molecule has 0 aromatic heterocycles. The average Bonchev–Trinajstić information content (AvgIpc) is 3.36. The van der Waals surface area contributed by atoms with Crippen LogP contribution < -0.4 is 5.32 Å². The maximum atomic E-state index is 13.0.